The quantitative estimate of drug-likeness (QED) is 0.0146. The van der Waals surface area contributed by atoms with E-state index >= 15 is 0 Å². The summed E-state index contributed by atoms with van der Waals surface area (Å²) in [6, 6.07) is 0. The maximum Gasteiger partial charge on any atom is 0.472 e. The Morgan fingerprint density at radius 3 is 0.945 bits per heavy atom. The van der Waals surface area contributed by atoms with Gasteiger partial charge in [-0.25, -0.2) is 9.13 Å². The average molecular weight is 1320 g/mol. The van der Waals surface area contributed by atoms with Crippen LogP contribution in [0, 0.1) is 0 Å². The van der Waals surface area contributed by atoms with Gasteiger partial charge in [0.2, 0.25) is 0 Å². The van der Waals surface area contributed by atoms with Crippen molar-refractivity contribution in [1.82, 2.24) is 0 Å². The minimum atomic E-state index is -4.94. The molecule has 91 heavy (non-hydrogen) atoms. The van der Waals surface area contributed by atoms with E-state index in [1.807, 2.05) is 0 Å². The van der Waals surface area contributed by atoms with Gasteiger partial charge in [0.05, 0.1) is 26.4 Å². The van der Waals surface area contributed by atoms with Crippen LogP contribution in [0.1, 0.15) is 252 Å². The average Bonchev–Trinajstić information content (AvgIpc) is 3.09. The van der Waals surface area contributed by atoms with Crippen molar-refractivity contribution in [1.29, 1.82) is 0 Å². The second-order valence-electron chi connectivity index (χ2n) is 22.6. The van der Waals surface area contributed by atoms with E-state index in [0.717, 1.165) is 154 Å². The highest BCUT2D eigenvalue weighted by atomic mass is 31.2. The summed E-state index contributed by atoms with van der Waals surface area (Å²) in [6.07, 6.45) is 76.4. The van der Waals surface area contributed by atoms with Gasteiger partial charge >= 0.3 is 33.6 Å². The van der Waals surface area contributed by atoms with Gasteiger partial charge in [-0.15, -0.1) is 0 Å². The number of phosphoric ester groups is 2. The third kappa shape index (κ3) is 66.9. The van der Waals surface area contributed by atoms with Gasteiger partial charge in [0.25, 0.3) is 0 Å². The number of aliphatic hydroxyl groups excluding tert-OH is 2. The number of carbonyl (C=O) groups is 3. The van der Waals surface area contributed by atoms with E-state index in [4.69, 9.17) is 32.3 Å². The molecule has 0 aliphatic heterocycles. The summed E-state index contributed by atoms with van der Waals surface area (Å²) in [6.45, 7) is 2.40. The fraction of sp³-hybridized carbons (Fsp3) is 0.658. The number of phosphoric acid groups is 2. The second-order valence-corrected chi connectivity index (χ2v) is 25.5. The Kier molecular flexibility index (Phi) is 62.6. The van der Waals surface area contributed by atoms with E-state index in [9.17, 15) is 43.5 Å². The van der Waals surface area contributed by atoms with Crippen LogP contribution in [0.25, 0.3) is 0 Å². The molecule has 0 aliphatic carbocycles. The third-order valence-corrected chi connectivity index (χ3v) is 15.7. The lowest BCUT2D eigenvalue weighted by molar-refractivity contribution is -0.161. The number of aliphatic hydroxyl groups is 2. The van der Waals surface area contributed by atoms with Crippen molar-refractivity contribution in [2.24, 2.45) is 0 Å². The molecule has 0 radical (unpaired) electrons. The van der Waals surface area contributed by atoms with E-state index < -0.39 is 91.5 Å². The molecule has 0 spiro atoms. The molecule has 0 amide bonds. The Bertz CT molecular complexity index is 2190. The maximum absolute atomic E-state index is 12.9. The Hall–Kier alpha value is -4.31. The number of esters is 3. The monoisotopic (exact) mass is 1320 g/mol. The molecule has 0 bridgehead atoms. The molecule has 5 atom stereocenters. The first-order valence-electron chi connectivity index (χ1n) is 34.5. The lowest BCUT2D eigenvalue weighted by atomic mass is 10.1. The molecule has 5 unspecified atom stereocenters. The number of carbonyl (C=O) groups excluding carboxylic acids is 3. The van der Waals surface area contributed by atoms with Gasteiger partial charge in [-0.1, -0.05) is 225 Å². The summed E-state index contributed by atoms with van der Waals surface area (Å²) in [5.74, 6) is -1.65. The van der Waals surface area contributed by atoms with Crippen LogP contribution in [0.15, 0.2) is 134 Å². The largest absolute Gasteiger partial charge is 0.472 e. The van der Waals surface area contributed by atoms with Crippen molar-refractivity contribution < 1.29 is 75.8 Å². The summed E-state index contributed by atoms with van der Waals surface area (Å²) in [7, 11) is -9.81. The molecule has 0 saturated heterocycles. The zero-order chi connectivity index (χ0) is 66.7. The SMILES string of the molecule is CC/C=C\C/C=C\C/C=C\C/C=C\C/C=C\C/C=C\CCCCC(=O)OCC(O)COP(=O)(O)OCC(O)COP(=O)(O)OCC(COC(=O)CCCCCCCC/C=C\C/C=C\C/C=C\CCCCC)OC(=O)CCCCCCC/C=C\C/C=C\CCCCC. The number of allylic oxidation sites excluding steroid dienone is 22. The molecule has 0 aromatic rings. The van der Waals surface area contributed by atoms with Crippen LogP contribution in [0.3, 0.4) is 0 Å². The van der Waals surface area contributed by atoms with E-state index in [0.29, 0.717) is 19.3 Å². The summed E-state index contributed by atoms with van der Waals surface area (Å²) >= 11 is 0. The Morgan fingerprint density at radius 2 is 0.582 bits per heavy atom. The molecule has 0 aliphatic rings. The van der Waals surface area contributed by atoms with Crippen molar-refractivity contribution in [3.05, 3.63) is 134 Å². The van der Waals surface area contributed by atoms with Gasteiger partial charge in [-0.3, -0.25) is 32.5 Å². The van der Waals surface area contributed by atoms with Crippen LogP contribution < -0.4 is 0 Å². The number of hydrogen-bond donors (Lipinski definition) is 4. The van der Waals surface area contributed by atoms with E-state index in [1.54, 1.807) is 0 Å². The highest BCUT2D eigenvalue weighted by Gasteiger charge is 2.29. The van der Waals surface area contributed by atoms with E-state index in [2.05, 4.69) is 154 Å². The molecule has 0 fully saturated rings. The van der Waals surface area contributed by atoms with E-state index in [-0.39, 0.29) is 19.3 Å². The topological polar surface area (TPSA) is 231 Å². The zero-order valence-electron chi connectivity index (χ0n) is 56.2. The molecule has 520 valence electrons. The van der Waals surface area contributed by atoms with Crippen LogP contribution in [-0.4, -0.2) is 95.9 Å². The molecular formula is C73H122O16P2. The smallest absolute Gasteiger partial charge is 0.463 e. The predicted molar refractivity (Wildman–Crippen MR) is 371 cm³/mol. The van der Waals surface area contributed by atoms with Crippen LogP contribution in [0.5, 0.6) is 0 Å². The van der Waals surface area contributed by atoms with Crippen LogP contribution in [0.2, 0.25) is 0 Å². The summed E-state index contributed by atoms with van der Waals surface area (Å²) in [5, 5.41) is 20.5. The molecule has 18 heteroatoms. The third-order valence-electron chi connectivity index (χ3n) is 13.8. The Morgan fingerprint density at radius 1 is 0.319 bits per heavy atom. The normalized spacial score (nSPS) is 15.0. The first-order chi connectivity index (χ1) is 44.2. The van der Waals surface area contributed by atoms with E-state index in [1.165, 1.54) is 38.5 Å². The fourth-order valence-electron chi connectivity index (χ4n) is 8.55. The lowest BCUT2D eigenvalue weighted by Gasteiger charge is -2.21. The molecule has 0 saturated carbocycles. The van der Waals surface area contributed by atoms with Gasteiger partial charge in [0.1, 0.15) is 25.4 Å². The van der Waals surface area contributed by atoms with Gasteiger partial charge < -0.3 is 34.2 Å². The maximum atomic E-state index is 12.9. The van der Waals surface area contributed by atoms with Gasteiger partial charge in [0.15, 0.2) is 6.10 Å². The molecule has 4 N–H and O–H groups in total. The fourth-order valence-corrected chi connectivity index (χ4v) is 10.1. The molecule has 0 heterocycles. The summed E-state index contributed by atoms with van der Waals surface area (Å²) in [5.41, 5.74) is 0. The summed E-state index contributed by atoms with van der Waals surface area (Å²) in [4.78, 5) is 58.4. The van der Waals surface area contributed by atoms with Crippen molar-refractivity contribution in [3.8, 4) is 0 Å². The Balaban J connectivity index is 4.74. The number of rotatable bonds is 64. The van der Waals surface area contributed by atoms with Crippen LogP contribution in [-0.2, 0) is 55.8 Å². The van der Waals surface area contributed by atoms with Crippen molar-refractivity contribution >= 4 is 33.6 Å². The second kappa shape index (κ2) is 65.7. The highest BCUT2D eigenvalue weighted by Crippen LogP contribution is 2.45. The minimum Gasteiger partial charge on any atom is -0.463 e. The lowest BCUT2D eigenvalue weighted by Crippen LogP contribution is -2.30. The zero-order valence-corrected chi connectivity index (χ0v) is 58.0. The molecule has 0 rings (SSSR count). The number of ether oxygens (including phenoxy) is 3. The first kappa shape index (κ1) is 86.7. The predicted octanol–water partition coefficient (Wildman–Crippen LogP) is 19.2. The molecule has 0 aromatic carbocycles. The summed E-state index contributed by atoms with van der Waals surface area (Å²) < 4.78 is 60.8. The molecule has 16 nitrogen and oxygen atoms in total. The molecule has 0 aromatic heterocycles. The van der Waals surface area contributed by atoms with Crippen molar-refractivity contribution in [2.45, 2.75) is 270 Å². The van der Waals surface area contributed by atoms with Gasteiger partial charge in [-0.05, 0) is 141 Å². The minimum absolute atomic E-state index is 0.0809. The molecular weight excluding hydrogens is 1190 g/mol. The van der Waals surface area contributed by atoms with Gasteiger partial charge in [0, 0.05) is 19.3 Å². The van der Waals surface area contributed by atoms with Crippen molar-refractivity contribution in [2.75, 3.05) is 39.6 Å². The van der Waals surface area contributed by atoms with Gasteiger partial charge in [-0.2, -0.15) is 0 Å². The number of unbranched alkanes of at least 4 members (excludes halogenated alkanes) is 19. The number of hydrogen-bond acceptors (Lipinski definition) is 14. The van der Waals surface area contributed by atoms with Crippen LogP contribution in [0.4, 0.5) is 0 Å². The first-order valence-corrected chi connectivity index (χ1v) is 37.5. The highest BCUT2D eigenvalue weighted by molar-refractivity contribution is 7.47. The standard InChI is InChI=1S/C73H122O16P2/c1-4-7-10-13-16-19-22-25-28-30-32-33-35-37-39-41-44-47-50-53-56-59-71(76)83-62-68(74)63-85-90(79,80)86-64-69(75)65-87-91(81,82)88-67-70(89-73(78)61-58-55-52-49-46-43-38-27-24-21-18-15-12-9-6-3)66-84-72(77)60-57-54-51-48-45-42-40-36-34-31-29-26-23-20-17-14-11-8-5-2/h7,10,16-21,25-29,32-34,36-39,44,47,68-70,74-75H,4-6,8-9,11-15,22-24,30-31,35,40-43,45-46,48-67H2,1-3H3,(H,79,80)(H,81,82)/b10-7-,19-16-,20-17-,21-18-,28-25-,29-26-,33-32-,36-34-,38-27-,39-37-,47-44-. The van der Waals surface area contributed by atoms with Crippen LogP contribution >= 0.6 is 15.6 Å². The van der Waals surface area contributed by atoms with Crippen molar-refractivity contribution in [3.63, 3.8) is 0 Å². The Labute approximate surface area is 550 Å².